The van der Waals surface area contributed by atoms with Gasteiger partial charge in [-0.05, 0) is 27.9 Å². The smallest absolute Gasteiger partial charge is 0.194 e. The van der Waals surface area contributed by atoms with Crippen LogP contribution < -0.4 is 5.32 Å². The molecule has 0 aliphatic heterocycles. The summed E-state index contributed by atoms with van der Waals surface area (Å²) in [5.74, 6) is 0.868. The average Bonchev–Trinajstić information content (AvgIpc) is 3.29. The molecule has 0 saturated heterocycles. The molecule has 0 fully saturated rings. The monoisotopic (exact) mass is 535 g/mol. The lowest BCUT2D eigenvalue weighted by Crippen LogP contribution is -2.39. The van der Waals surface area contributed by atoms with Gasteiger partial charge in [0.1, 0.15) is 11.1 Å². The van der Waals surface area contributed by atoms with Crippen LogP contribution in [0.2, 0.25) is 0 Å². The number of nitrogens with zero attached hydrogens (tertiary/aromatic N) is 6. The van der Waals surface area contributed by atoms with Crippen LogP contribution in [0.5, 0.6) is 0 Å². The number of aryl methyl sites for hydroxylation is 1. The number of aliphatic imine (C=N–C) groups is 1. The Kier molecular flexibility index (Phi) is 11.1. The number of likely N-dealkylation sites (N-methyl/N-ethyl adjacent to an activating group) is 1. The van der Waals surface area contributed by atoms with Gasteiger partial charge in [-0.1, -0.05) is 0 Å². The van der Waals surface area contributed by atoms with Crippen molar-refractivity contribution in [1.29, 1.82) is 0 Å². The van der Waals surface area contributed by atoms with E-state index in [9.17, 15) is 0 Å². The zero-order valence-corrected chi connectivity index (χ0v) is 21.6. The fraction of sp³-hybridized carbons (Fsp3) is 0.632. The highest BCUT2D eigenvalue weighted by Gasteiger charge is 2.17. The number of hydrogen-bond acceptors (Lipinski definition) is 6. The Labute approximate surface area is 195 Å². The van der Waals surface area contributed by atoms with Crippen molar-refractivity contribution in [2.24, 2.45) is 12.0 Å². The van der Waals surface area contributed by atoms with Gasteiger partial charge in [-0.2, -0.15) is 5.10 Å². The van der Waals surface area contributed by atoms with Crippen LogP contribution in [0.25, 0.3) is 0 Å². The van der Waals surface area contributed by atoms with Crippen molar-refractivity contribution in [2.45, 2.75) is 32.5 Å². The van der Waals surface area contributed by atoms with Gasteiger partial charge in [0.05, 0.1) is 31.0 Å². The predicted molar refractivity (Wildman–Crippen MR) is 130 cm³/mol. The fourth-order valence-corrected chi connectivity index (χ4v) is 3.66. The molecule has 2 aromatic rings. The molecule has 2 atom stereocenters. The van der Waals surface area contributed by atoms with E-state index in [4.69, 9.17) is 9.73 Å². The molecule has 10 heteroatoms. The summed E-state index contributed by atoms with van der Waals surface area (Å²) in [6.45, 7) is 6.24. The summed E-state index contributed by atoms with van der Waals surface area (Å²) in [6.07, 6.45) is 3.97. The molecule has 1 N–H and O–H groups in total. The first-order chi connectivity index (χ1) is 13.3. The molecule has 29 heavy (non-hydrogen) atoms. The Balaban J connectivity index is 0.00000420. The minimum Gasteiger partial charge on any atom is -0.375 e. The summed E-state index contributed by atoms with van der Waals surface area (Å²) in [5.41, 5.74) is 2.18. The van der Waals surface area contributed by atoms with E-state index >= 15 is 0 Å². The normalized spacial score (nSPS) is 13.9. The molecule has 0 aromatic carbocycles. The fourth-order valence-electron chi connectivity index (χ4n) is 2.82. The largest absolute Gasteiger partial charge is 0.375 e. The number of nitrogens with one attached hydrogen (secondary N) is 1. The number of ether oxygens (including phenoxy) is 1. The molecule has 2 rings (SSSR count). The van der Waals surface area contributed by atoms with Crippen LogP contribution in [0.3, 0.4) is 0 Å². The lowest BCUT2D eigenvalue weighted by atomic mass is 10.1. The Bertz CT molecular complexity index is 761. The molecule has 2 aromatic heterocycles. The van der Waals surface area contributed by atoms with Crippen LogP contribution in [0.4, 0.5) is 0 Å². The zero-order chi connectivity index (χ0) is 20.7. The first-order valence-electron chi connectivity index (χ1n) is 9.47. The van der Waals surface area contributed by atoms with E-state index in [1.54, 1.807) is 18.4 Å². The second kappa shape index (κ2) is 12.5. The Morgan fingerprint density at radius 2 is 2.10 bits per heavy atom. The Morgan fingerprint density at radius 1 is 1.38 bits per heavy atom. The number of rotatable bonds is 9. The SMILES string of the molecule is CCNC(=NCC(c1cnn(C)c1)N(C)C)N(C)Cc1csc(C(C)OC)n1.I. The zero-order valence-electron chi connectivity index (χ0n) is 18.4. The molecule has 8 nitrogen and oxygen atoms in total. The maximum absolute atomic E-state index is 5.36. The highest BCUT2D eigenvalue weighted by molar-refractivity contribution is 14.0. The maximum atomic E-state index is 5.36. The molecular formula is C19H34IN7OS. The average molecular weight is 536 g/mol. The van der Waals surface area contributed by atoms with Crippen LogP contribution in [-0.2, 0) is 18.3 Å². The number of guanidine groups is 1. The Hall–Kier alpha value is -1.24. The van der Waals surface area contributed by atoms with Gasteiger partial charge >= 0.3 is 0 Å². The number of thiazole rings is 1. The van der Waals surface area contributed by atoms with Gasteiger partial charge in [0.2, 0.25) is 0 Å². The van der Waals surface area contributed by atoms with Crippen molar-refractivity contribution in [3.63, 3.8) is 0 Å². The van der Waals surface area contributed by atoms with Crippen molar-refractivity contribution in [2.75, 3.05) is 41.3 Å². The lowest BCUT2D eigenvalue weighted by molar-refractivity contribution is 0.119. The van der Waals surface area contributed by atoms with Crippen molar-refractivity contribution >= 4 is 41.3 Å². The predicted octanol–water partition coefficient (Wildman–Crippen LogP) is 2.90. The van der Waals surface area contributed by atoms with E-state index in [2.05, 4.69) is 51.6 Å². The molecule has 0 aliphatic rings. The first kappa shape index (κ1) is 25.8. The van der Waals surface area contributed by atoms with Gasteiger partial charge in [0.25, 0.3) is 0 Å². The minimum absolute atomic E-state index is 0. The van der Waals surface area contributed by atoms with E-state index in [0.717, 1.165) is 28.8 Å². The standard InChI is InChI=1S/C19H33N7OS.HI/c1-8-20-19(21-10-17(24(3)4)15-9-22-26(6)11-15)25(5)12-16-13-28-18(23-16)14(2)27-7;/h9,11,13-14,17H,8,10,12H2,1-7H3,(H,20,21);1H. The van der Waals surface area contributed by atoms with Gasteiger partial charge in [0.15, 0.2) is 5.96 Å². The summed E-state index contributed by atoms with van der Waals surface area (Å²) in [5, 5.41) is 10.8. The summed E-state index contributed by atoms with van der Waals surface area (Å²) in [4.78, 5) is 13.8. The second-order valence-electron chi connectivity index (χ2n) is 7.03. The van der Waals surface area contributed by atoms with Crippen LogP contribution in [0.1, 0.15) is 42.3 Å². The molecule has 0 saturated carbocycles. The molecule has 0 radical (unpaired) electrons. The van der Waals surface area contributed by atoms with Gasteiger partial charge in [-0.15, -0.1) is 35.3 Å². The van der Waals surface area contributed by atoms with Crippen LogP contribution >= 0.6 is 35.3 Å². The van der Waals surface area contributed by atoms with Crippen molar-refractivity contribution in [1.82, 2.24) is 29.9 Å². The van der Waals surface area contributed by atoms with Crippen molar-refractivity contribution in [3.8, 4) is 0 Å². The van der Waals surface area contributed by atoms with Crippen LogP contribution in [0, 0.1) is 0 Å². The van der Waals surface area contributed by atoms with Crippen molar-refractivity contribution < 1.29 is 4.74 Å². The van der Waals surface area contributed by atoms with E-state index in [1.807, 2.05) is 38.1 Å². The van der Waals surface area contributed by atoms with E-state index < -0.39 is 0 Å². The molecule has 2 unspecified atom stereocenters. The number of hydrogen-bond donors (Lipinski definition) is 1. The minimum atomic E-state index is 0. The van der Waals surface area contributed by atoms with E-state index in [-0.39, 0.29) is 36.1 Å². The molecule has 0 spiro atoms. The summed E-state index contributed by atoms with van der Waals surface area (Å²) >= 11 is 1.63. The number of aromatic nitrogens is 3. The second-order valence-corrected chi connectivity index (χ2v) is 7.92. The lowest BCUT2D eigenvalue weighted by Gasteiger charge is -2.25. The molecule has 0 amide bonds. The van der Waals surface area contributed by atoms with Gasteiger partial charge in [-0.25, -0.2) is 4.98 Å². The molecule has 2 heterocycles. The van der Waals surface area contributed by atoms with Crippen molar-refractivity contribution in [3.05, 3.63) is 34.0 Å². The van der Waals surface area contributed by atoms with Gasteiger partial charge < -0.3 is 19.9 Å². The third-order valence-electron chi connectivity index (χ3n) is 4.51. The third kappa shape index (κ3) is 7.50. The van der Waals surface area contributed by atoms with Crippen LogP contribution in [0.15, 0.2) is 22.8 Å². The number of halogens is 1. The highest BCUT2D eigenvalue weighted by Crippen LogP contribution is 2.21. The first-order valence-corrected chi connectivity index (χ1v) is 10.3. The summed E-state index contributed by atoms with van der Waals surface area (Å²) < 4.78 is 7.19. The third-order valence-corrected chi connectivity index (χ3v) is 5.57. The number of methoxy groups -OCH3 is 1. The van der Waals surface area contributed by atoms with Gasteiger partial charge in [0, 0.05) is 44.9 Å². The van der Waals surface area contributed by atoms with E-state index in [1.165, 1.54) is 0 Å². The molecule has 164 valence electrons. The topological polar surface area (TPSA) is 70.8 Å². The van der Waals surface area contributed by atoms with E-state index in [0.29, 0.717) is 13.1 Å². The maximum Gasteiger partial charge on any atom is 0.194 e. The van der Waals surface area contributed by atoms with Crippen LogP contribution in [-0.4, -0.2) is 71.9 Å². The molecular weight excluding hydrogens is 501 g/mol. The Morgan fingerprint density at radius 3 is 2.66 bits per heavy atom. The summed E-state index contributed by atoms with van der Waals surface area (Å²) in [6, 6.07) is 0.171. The van der Waals surface area contributed by atoms with Gasteiger partial charge in [-0.3, -0.25) is 9.67 Å². The highest BCUT2D eigenvalue weighted by atomic mass is 127. The molecule has 0 aliphatic carbocycles. The summed E-state index contributed by atoms with van der Waals surface area (Å²) in [7, 11) is 9.81. The molecule has 0 bridgehead atoms. The quantitative estimate of drug-likeness (QED) is 0.303.